The maximum atomic E-state index is 12.4. The lowest BCUT2D eigenvalue weighted by Gasteiger charge is -2.20. The molecular formula is C18H26N6O2. The van der Waals surface area contributed by atoms with Gasteiger partial charge < -0.3 is 21.3 Å². The second-order valence-corrected chi connectivity index (χ2v) is 7.34. The van der Waals surface area contributed by atoms with Gasteiger partial charge in [-0.3, -0.25) is 9.59 Å². The molecule has 0 aliphatic carbocycles. The first-order valence-electron chi connectivity index (χ1n) is 8.28. The van der Waals surface area contributed by atoms with Crippen LogP contribution in [0.15, 0.2) is 30.5 Å². The maximum absolute atomic E-state index is 12.4. The number of anilines is 3. The molecule has 8 nitrogen and oxygen atoms in total. The number of nitrogen functional groups attached to an aromatic ring is 1. The van der Waals surface area contributed by atoms with Crippen molar-refractivity contribution in [1.29, 1.82) is 0 Å². The smallest absolute Gasteiger partial charge is 0.261 e. The minimum atomic E-state index is -0.331. The lowest BCUT2D eigenvalue weighted by Crippen LogP contribution is -2.27. The Labute approximate surface area is 153 Å². The number of carbonyl (C=O) groups excluding carboxylic acids is 2. The fourth-order valence-corrected chi connectivity index (χ4v) is 2.39. The van der Waals surface area contributed by atoms with Crippen LogP contribution in [0.2, 0.25) is 0 Å². The van der Waals surface area contributed by atoms with Gasteiger partial charge in [-0.05, 0) is 59.1 Å². The van der Waals surface area contributed by atoms with E-state index in [1.54, 1.807) is 33.8 Å². The molecule has 2 rings (SSSR count). The van der Waals surface area contributed by atoms with Crippen LogP contribution in [0.25, 0.3) is 0 Å². The first-order valence-corrected chi connectivity index (χ1v) is 8.28. The van der Waals surface area contributed by atoms with E-state index >= 15 is 0 Å². The molecule has 0 bridgehead atoms. The van der Waals surface area contributed by atoms with Crippen LogP contribution < -0.4 is 16.4 Å². The van der Waals surface area contributed by atoms with Gasteiger partial charge in [-0.1, -0.05) is 0 Å². The largest absolute Gasteiger partial charge is 0.383 e. The van der Waals surface area contributed by atoms with Crippen LogP contribution in [-0.4, -0.2) is 47.1 Å². The minimum absolute atomic E-state index is 0.103. The zero-order valence-corrected chi connectivity index (χ0v) is 15.8. The van der Waals surface area contributed by atoms with Crippen molar-refractivity contribution in [2.75, 3.05) is 37.0 Å². The summed E-state index contributed by atoms with van der Waals surface area (Å²) in [7, 11) is 3.65. The van der Waals surface area contributed by atoms with E-state index in [0.29, 0.717) is 29.3 Å². The van der Waals surface area contributed by atoms with E-state index in [1.807, 2.05) is 34.9 Å². The molecule has 1 heterocycles. The van der Waals surface area contributed by atoms with Gasteiger partial charge in [0.1, 0.15) is 11.4 Å². The van der Waals surface area contributed by atoms with Crippen LogP contribution in [0, 0.1) is 0 Å². The summed E-state index contributed by atoms with van der Waals surface area (Å²) in [6.45, 7) is 6.18. The van der Waals surface area contributed by atoms with Crippen LogP contribution in [-0.2, 0) is 10.3 Å². The quantitative estimate of drug-likeness (QED) is 0.758. The average molecular weight is 358 g/mol. The van der Waals surface area contributed by atoms with Gasteiger partial charge in [0.2, 0.25) is 5.91 Å². The zero-order valence-electron chi connectivity index (χ0n) is 15.8. The number of carbonyl (C=O) groups is 2. The van der Waals surface area contributed by atoms with Crippen molar-refractivity contribution in [2.24, 2.45) is 0 Å². The molecule has 0 spiro atoms. The number of amides is 2. The Bertz CT molecular complexity index is 787. The third-order valence-electron chi connectivity index (χ3n) is 3.57. The Balaban J connectivity index is 2.04. The number of hydrogen-bond acceptors (Lipinski definition) is 5. The summed E-state index contributed by atoms with van der Waals surface area (Å²) in [6, 6.07) is 6.89. The van der Waals surface area contributed by atoms with E-state index < -0.39 is 0 Å². The van der Waals surface area contributed by atoms with Gasteiger partial charge in [0.15, 0.2) is 0 Å². The molecule has 0 unspecified atom stereocenters. The molecule has 2 aromatic rings. The van der Waals surface area contributed by atoms with Gasteiger partial charge in [-0.2, -0.15) is 5.10 Å². The van der Waals surface area contributed by atoms with Crippen LogP contribution in [0.3, 0.4) is 0 Å². The monoisotopic (exact) mass is 358 g/mol. The molecule has 140 valence electrons. The molecule has 0 fully saturated rings. The topological polar surface area (TPSA) is 105 Å². The second kappa shape index (κ2) is 7.57. The summed E-state index contributed by atoms with van der Waals surface area (Å²) in [5.74, 6) is -0.112. The first-order chi connectivity index (χ1) is 12.1. The predicted molar refractivity (Wildman–Crippen MR) is 103 cm³/mol. The number of aromatic nitrogens is 2. The fraction of sp³-hybridized carbons (Fsp3) is 0.389. The number of nitrogens with zero attached hydrogens (tertiary/aromatic N) is 3. The summed E-state index contributed by atoms with van der Waals surface area (Å²) in [4.78, 5) is 26.0. The summed E-state index contributed by atoms with van der Waals surface area (Å²) in [6.07, 6.45) is 1.46. The van der Waals surface area contributed by atoms with Crippen molar-refractivity contribution in [3.05, 3.63) is 36.0 Å². The van der Waals surface area contributed by atoms with Gasteiger partial charge in [0, 0.05) is 11.4 Å². The lowest BCUT2D eigenvalue weighted by molar-refractivity contribution is -0.116. The SMILES string of the molecule is CN(C)CC(=O)Nc1ccc(NC(=O)c2cnn(C(C)(C)C)c2N)cc1. The number of benzene rings is 1. The van der Waals surface area contributed by atoms with E-state index in [1.165, 1.54) is 6.20 Å². The Morgan fingerprint density at radius 1 is 1.12 bits per heavy atom. The highest BCUT2D eigenvalue weighted by Crippen LogP contribution is 2.22. The summed E-state index contributed by atoms with van der Waals surface area (Å²) in [5, 5.41) is 9.77. The van der Waals surface area contributed by atoms with Crippen LogP contribution >= 0.6 is 0 Å². The molecule has 2 amide bonds. The molecule has 8 heteroatoms. The Morgan fingerprint density at radius 3 is 2.12 bits per heavy atom. The summed E-state index contributed by atoms with van der Waals surface area (Å²) >= 11 is 0. The number of rotatable bonds is 5. The van der Waals surface area contributed by atoms with Crippen molar-refractivity contribution >= 4 is 29.0 Å². The molecule has 0 aliphatic heterocycles. The molecule has 0 saturated heterocycles. The third kappa shape index (κ3) is 4.82. The molecule has 0 aliphatic rings. The van der Waals surface area contributed by atoms with Gasteiger partial charge in [0.05, 0.1) is 18.3 Å². The molecular weight excluding hydrogens is 332 g/mol. The highest BCUT2D eigenvalue weighted by Gasteiger charge is 2.22. The number of hydrogen-bond donors (Lipinski definition) is 3. The van der Waals surface area contributed by atoms with Gasteiger partial charge >= 0.3 is 0 Å². The van der Waals surface area contributed by atoms with Crippen molar-refractivity contribution < 1.29 is 9.59 Å². The van der Waals surface area contributed by atoms with E-state index in [2.05, 4.69) is 15.7 Å². The van der Waals surface area contributed by atoms with Gasteiger partial charge in [0.25, 0.3) is 5.91 Å². The molecule has 0 saturated carbocycles. The third-order valence-corrected chi connectivity index (χ3v) is 3.57. The van der Waals surface area contributed by atoms with E-state index in [9.17, 15) is 9.59 Å². The van der Waals surface area contributed by atoms with Crippen LogP contribution in [0.5, 0.6) is 0 Å². The van der Waals surface area contributed by atoms with E-state index in [0.717, 1.165) is 0 Å². The highest BCUT2D eigenvalue weighted by molar-refractivity contribution is 6.07. The maximum Gasteiger partial charge on any atom is 0.261 e. The second-order valence-electron chi connectivity index (χ2n) is 7.34. The molecule has 1 aromatic heterocycles. The first kappa shape index (κ1) is 19.5. The average Bonchev–Trinajstić information content (AvgIpc) is 2.90. The van der Waals surface area contributed by atoms with Crippen molar-refractivity contribution in [1.82, 2.24) is 14.7 Å². The molecule has 0 radical (unpaired) electrons. The number of likely N-dealkylation sites (N-methyl/N-ethyl adjacent to an activating group) is 1. The Kier molecular flexibility index (Phi) is 5.66. The number of nitrogens with one attached hydrogen (secondary N) is 2. The van der Waals surface area contributed by atoms with E-state index in [-0.39, 0.29) is 17.4 Å². The normalized spacial score (nSPS) is 11.5. The molecule has 1 aromatic carbocycles. The molecule has 4 N–H and O–H groups in total. The van der Waals surface area contributed by atoms with Crippen LogP contribution in [0.1, 0.15) is 31.1 Å². The minimum Gasteiger partial charge on any atom is -0.383 e. The molecule has 26 heavy (non-hydrogen) atoms. The van der Waals surface area contributed by atoms with Gasteiger partial charge in [-0.25, -0.2) is 4.68 Å². The van der Waals surface area contributed by atoms with Crippen molar-refractivity contribution in [3.8, 4) is 0 Å². The fourth-order valence-electron chi connectivity index (χ4n) is 2.39. The Morgan fingerprint density at radius 2 is 1.65 bits per heavy atom. The summed E-state index contributed by atoms with van der Waals surface area (Å²) < 4.78 is 1.62. The zero-order chi connectivity index (χ0) is 19.5. The van der Waals surface area contributed by atoms with Gasteiger partial charge in [-0.15, -0.1) is 0 Å². The predicted octanol–water partition coefficient (Wildman–Crippen LogP) is 1.97. The Hall–Kier alpha value is -2.87. The van der Waals surface area contributed by atoms with E-state index in [4.69, 9.17) is 5.73 Å². The highest BCUT2D eigenvalue weighted by atomic mass is 16.2. The van der Waals surface area contributed by atoms with Crippen molar-refractivity contribution in [3.63, 3.8) is 0 Å². The molecule has 0 atom stereocenters. The van der Waals surface area contributed by atoms with Crippen molar-refractivity contribution in [2.45, 2.75) is 26.3 Å². The van der Waals surface area contributed by atoms with Crippen LogP contribution in [0.4, 0.5) is 17.2 Å². The standard InChI is InChI=1S/C18H26N6O2/c1-18(2,3)24-16(19)14(10-20-24)17(26)22-13-8-6-12(7-9-13)21-15(25)11-23(4)5/h6-10H,11,19H2,1-5H3,(H,21,25)(H,22,26). The summed E-state index contributed by atoms with van der Waals surface area (Å²) in [5.41, 5.74) is 7.33. The number of nitrogens with two attached hydrogens (primary N) is 1. The lowest BCUT2D eigenvalue weighted by atomic mass is 10.1.